The van der Waals surface area contributed by atoms with Crippen molar-refractivity contribution < 1.29 is 19.1 Å². The van der Waals surface area contributed by atoms with Crippen LogP contribution in [0.15, 0.2) is 12.2 Å². The van der Waals surface area contributed by atoms with Gasteiger partial charge in [-0.15, -0.1) is 11.6 Å². The van der Waals surface area contributed by atoms with Crippen molar-refractivity contribution in [3.63, 3.8) is 0 Å². The van der Waals surface area contributed by atoms with Gasteiger partial charge in [0.05, 0.1) is 18.4 Å². The lowest BCUT2D eigenvalue weighted by Gasteiger charge is -2.16. The molecule has 0 aromatic rings. The van der Waals surface area contributed by atoms with Gasteiger partial charge in [0, 0.05) is 0 Å². The Balaban J connectivity index is 1.64. The number of rotatable bonds is 4. The maximum absolute atomic E-state index is 12.2. The Morgan fingerprint density at radius 2 is 1.84 bits per heavy atom. The number of imide groups is 1. The van der Waals surface area contributed by atoms with E-state index >= 15 is 0 Å². The summed E-state index contributed by atoms with van der Waals surface area (Å²) in [6.07, 6.45) is 5.02. The maximum Gasteiger partial charge on any atom is 0.320 e. The summed E-state index contributed by atoms with van der Waals surface area (Å²) < 4.78 is 4.81. The summed E-state index contributed by atoms with van der Waals surface area (Å²) in [6, 6.07) is 0. The molecule has 0 radical (unpaired) electrons. The molecule has 0 aromatic carbocycles. The molecular formula is C13H14ClNO4. The average molecular weight is 284 g/mol. The highest BCUT2D eigenvalue weighted by Crippen LogP contribution is 2.52. The summed E-state index contributed by atoms with van der Waals surface area (Å²) in [5.41, 5.74) is 0. The molecule has 0 N–H and O–H groups in total. The van der Waals surface area contributed by atoms with Gasteiger partial charge in [-0.3, -0.25) is 19.3 Å². The van der Waals surface area contributed by atoms with Crippen LogP contribution < -0.4 is 0 Å². The van der Waals surface area contributed by atoms with Crippen LogP contribution in [0.5, 0.6) is 0 Å². The van der Waals surface area contributed by atoms with E-state index in [4.69, 9.17) is 16.3 Å². The van der Waals surface area contributed by atoms with Crippen molar-refractivity contribution in [3.05, 3.63) is 12.2 Å². The third-order valence-electron chi connectivity index (χ3n) is 4.25. The van der Waals surface area contributed by atoms with Gasteiger partial charge in [-0.2, -0.15) is 0 Å². The van der Waals surface area contributed by atoms with E-state index < -0.39 is 5.97 Å². The quantitative estimate of drug-likeness (QED) is 0.328. The molecule has 5 nitrogen and oxygen atoms in total. The minimum atomic E-state index is -0.539. The van der Waals surface area contributed by atoms with Gasteiger partial charge in [0.25, 0.3) is 0 Å². The molecule has 3 rings (SSSR count). The molecule has 0 spiro atoms. The van der Waals surface area contributed by atoms with Crippen molar-refractivity contribution in [1.29, 1.82) is 0 Å². The largest absolute Gasteiger partial charge is 0.463 e. The Labute approximate surface area is 115 Å². The van der Waals surface area contributed by atoms with Gasteiger partial charge in [0.1, 0.15) is 12.5 Å². The Morgan fingerprint density at radius 1 is 1.26 bits per heavy atom. The van der Waals surface area contributed by atoms with Crippen LogP contribution in [0.4, 0.5) is 0 Å². The molecule has 1 saturated carbocycles. The van der Waals surface area contributed by atoms with Crippen molar-refractivity contribution in [2.45, 2.75) is 6.42 Å². The van der Waals surface area contributed by atoms with Crippen LogP contribution >= 0.6 is 11.6 Å². The number of esters is 1. The van der Waals surface area contributed by atoms with Crippen molar-refractivity contribution >= 4 is 29.4 Å². The van der Waals surface area contributed by atoms with Crippen molar-refractivity contribution in [2.75, 3.05) is 19.0 Å². The zero-order valence-corrected chi connectivity index (χ0v) is 11.0. The smallest absolute Gasteiger partial charge is 0.320 e. The van der Waals surface area contributed by atoms with E-state index in [2.05, 4.69) is 0 Å². The maximum atomic E-state index is 12.2. The number of halogens is 1. The number of likely N-dealkylation sites (tertiary alicyclic amines) is 1. The number of amides is 2. The molecular weight excluding hydrogens is 270 g/mol. The molecule has 2 amide bonds. The second kappa shape index (κ2) is 4.63. The highest BCUT2D eigenvalue weighted by Gasteiger charge is 2.58. The fraction of sp³-hybridized carbons (Fsp3) is 0.615. The van der Waals surface area contributed by atoms with Crippen LogP contribution in [0.3, 0.4) is 0 Å². The van der Waals surface area contributed by atoms with Gasteiger partial charge in [-0.25, -0.2) is 0 Å². The number of fused-ring (bicyclic) bond motifs is 5. The van der Waals surface area contributed by atoms with Gasteiger partial charge in [0.2, 0.25) is 11.8 Å². The molecule has 1 heterocycles. The molecule has 19 heavy (non-hydrogen) atoms. The molecule has 102 valence electrons. The number of carbonyl (C=O) groups is 3. The lowest BCUT2D eigenvalue weighted by Crippen LogP contribution is -2.36. The molecule has 1 saturated heterocycles. The summed E-state index contributed by atoms with van der Waals surface area (Å²) in [7, 11) is 0. The average Bonchev–Trinajstić information content (AvgIpc) is 3.07. The normalized spacial score (nSPS) is 35.1. The number of allylic oxidation sites excluding steroid dienone is 2. The molecule has 2 aliphatic carbocycles. The van der Waals surface area contributed by atoms with Crippen LogP contribution in [0.25, 0.3) is 0 Å². The fourth-order valence-corrected chi connectivity index (χ4v) is 3.55. The van der Waals surface area contributed by atoms with E-state index in [-0.39, 0.29) is 54.5 Å². The molecule has 6 heteroatoms. The Hall–Kier alpha value is -1.36. The first-order chi connectivity index (χ1) is 9.13. The van der Waals surface area contributed by atoms with E-state index in [0.717, 1.165) is 6.42 Å². The van der Waals surface area contributed by atoms with Gasteiger partial charge < -0.3 is 4.74 Å². The number of hydrogen-bond acceptors (Lipinski definition) is 4. The van der Waals surface area contributed by atoms with Crippen LogP contribution in [0, 0.1) is 23.7 Å². The number of nitrogens with zero attached hydrogens (tertiary/aromatic N) is 1. The molecule has 2 bridgehead atoms. The number of ether oxygens (including phenoxy) is 1. The number of alkyl halides is 1. The topological polar surface area (TPSA) is 63.7 Å². The third kappa shape index (κ3) is 1.87. The van der Waals surface area contributed by atoms with E-state index in [0.29, 0.717) is 0 Å². The molecule has 0 aromatic heterocycles. The lowest BCUT2D eigenvalue weighted by molar-refractivity contribution is -0.147. The fourth-order valence-electron chi connectivity index (χ4n) is 3.47. The summed E-state index contributed by atoms with van der Waals surface area (Å²) in [6.45, 7) is 0.151. The SMILES string of the molecule is O=C(CCl)OCCN1C(=O)[C@@H]2[C@H](C1=O)[C@H]1C=C[C@@H]2C1. The number of carbonyl (C=O) groups excluding carboxylic acids is 3. The van der Waals surface area contributed by atoms with E-state index in [9.17, 15) is 14.4 Å². The molecule has 1 aliphatic heterocycles. The van der Waals surface area contributed by atoms with E-state index in [1.165, 1.54) is 4.90 Å². The number of hydrogen-bond donors (Lipinski definition) is 0. The summed E-state index contributed by atoms with van der Waals surface area (Å²) in [5, 5.41) is 0. The van der Waals surface area contributed by atoms with Gasteiger partial charge in [-0.05, 0) is 18.3 Å². The third-order valence-corrected chi connectivity index (χ3v) is 4.47. The highest BCUT2D eigenvalue weighted by atomic mass is 35.5. The monoisotopic (exact) mass is 283 g/mol. The van der Waals surface area contributed by atoms with Crippen LogP contribution in [-0.4, -0.2) is 41.7 Å². The Morgan fingerprint density at radius 3 is 2.37 bits per heavy atom. The van der Waals surface area contributed by atoms with Crippen LogP contribution in [0.1, 0.15) is 6.42 Å². The summed E-state index contributed by atoms with van der Waals surface area (Å²) in [5.74, 6) is -0.951. The van der Waals surface area contributed by atoms with Crippen LogP contribution in [0.2, 0.25) is 0 Å². The molecule has 0 unspecified atom stereocenters. The summed E-state index contributed by atoms with van der Waals surface area (Å²) >= 11 is 5.30. The predicted molar refractivity (Wildman–Crippen MR) is 66.1 cm³/mol. The van der Waals surface area contributed by atoms with Crippen molar-refractivity contribution in [3.8, 4) is 0 Å². The zero-order chi connectivity index (χ0) is 13.6. The van der Waals surface area contributed by atoms with Gasteiger partial charge in [-0.1, -0.05) is 12.2 Å². The first-order valence-corrected chi connectivity index (χ1v) is 6.92. The Kier molecular flexibility index (Phi) is 3.09. The second-order valence-corrected chi connectivity index (χ2v) is 5.45. The minimum Gasteiger partial charge on any atom is -0.463 e. The minimum absolute atomic E-state index is 0.0191. The first kappa shape index (κ1) is 12.7. The first-order valence-electron chi connectivity index (χ1n) is 6.38. The Bertz CT molecular complexity index is 445. The zero-order valence-electron chi connectivity index (χ0n) is 10.3. The predicted octanol–water partition coefficient (Wildman–Crippen LogP) is 0.575. The van der Waals surface area contributed by atoms with Crippen molar-refractivity contribution in [2.24, 2.45) is 23.7 Å². The standard InChI is InChI=1S/C13H14ClNO4/c14-6-9(16)19-4-3-15-12(17)10-7-1-2-8(5-7)11(10)13(15)18/h1-2,7-8,10-11H,3-6H2/t7-,8+,10+,11-. The van der Waals surface area contributed by atoms with Gasteiger partial charge >= 0.3 is 5.97 Å². The van der Waals surface area contributed by atoms with Crippen LogP contribution in [-0.2, 0) is 19.1 Å². The summed E-state index contributed by atoms with van der Waals surface area (Å²) in [4.78, 5) is 36.6. The second-order valence-electron chi connectivity index (χ2n) is 5.18. The molecule has 4 atom stereocenters. The highest BCUT2D eigenvalue weighted by molar-refractivity contribution is 6.26. The van der Waals surface area contributed by atoms with Gasteiger partial charge in [0.15, 0.2) is 0 Å². The van der Waals surface area contributed by atoms with E-state index in [1.54, 1.807) is 0 Å². The molecule has 2 fully saturated rings. The van der Waals surface area contributed by atoms with Crippen molar-refractivity contribution in [1.82, 2.24) is 4.90 Å². The lowest BCUT2D eigenvalue weighted by atomic mass is 9.85. The van der Waals surface area contributed by atoms with E-state index in [1.807, 2.05) is 12.2 Å². The molecule has 3 aliphatic rings.